The third kappa shape index (κ3) is 3.45. The van der Waals surface area contributed by atoms with Gasteiger partial charge in [-0.1, -0.05) is 6.92 Å². The van der Waals surface area contributed by atoms with Gasteiger partial charge in [0.2, 0.25) is 0 Å². The van der Waals surface area contributed by atoms with Gasteiger partial charge in [0, 0.05) is 18.8 Å². The molecule has 0 N–H and O–H groups in total. The van der Waals surface area contributed by atoms with Crippen LogP contribution in [0, 0.1) is 0 Å². The number of carbonyl (C=O) groups excluding carboxylic acids is 1. The molecule has 0 amide bonds. The molecule has 1 unspecified atom stereocenters. The maximum absolute atomic E-state index is 11.5. The fourth-order valence-electron chi connectivity index (χ4n) is 1.81. The van der Waals surface area contributed by atoms with Crippen molar-refractivity contribution in [3.05, 3.63) is 23.9 Å². The molecule has 0 saturated carbocycles. The Labute approximate surface area is 109 Å². The lowest BCUT2D eigenvalue weighted by Gasteiger charge is -2.28. The molecule has 0 radical (unpaired) electrons. The summed E-state index contributed by atoms with van der Waals surface area (Å²) in [7, 11) is 0. The van der Waals surface area contributed by atoms with Gasteiger partial charge in [0.1, 0.15) is 5.82 Å². The zero-order valence-corrected chi connectivity index (χ0v) is 11.6. The highest BCUT2D eigenvalue weighted by molar-refractivity contribution is 5.89. The molecule has 4 nitrogen and oxygen atoms in total. The standard InChI is InChI=1S/C14H22N2O2/c1-5-11(4)16(6-2)13-9-8-12(10-15-13)14(17)18-7-3/h8-11H,5-7H2,1-4H3. The number of hydrogen-bond donors (Lipinski definition) is 0. The fourth-order valence-corrected chi connectivity index (χ4v) is 1.81. The van der Waals surface area contributed by atoms with Crippen molar-refractivity contribution in [2.75, 3.05) is 18.1 Å². The third-order valence-corrected chi connectivity index (χ3v) is 3.02. The van der Waals surface area contributed by atoms with E-state index in [-0.39, 0.29) is 5.97 Å². The average Bonchev–Trinajstić information content (AvgIpc) is 2.40. The highest BCUT2D eigenvalue weighted by Crippen LogP contribution is 2.16. The van der Waals surface area contributed by atoms with Gasteiger partial charge in [-0.3, -0.25) is 0 Å². The van der Waals surface area contributed by atoms with E-state index in [1.165, 1.54) is 0 Å². The number of esters is 1. The van der Waals surface area contributed by atoms with Gasteiger partial charge < -0.3 is 9.64 Å². The highest BCUT2D eigenvalue weighted by atomic mass is 16.5. The lowest BCUT2D eigenvalue weighted by Crippen LogP contribution is -2.33. The molecule has 1 aromatic heterocycles. The molecule has 0 spiro atoms. The average molecular weight is 250 g/mol. The molecule has 0 aliphatic heterocycles. The van der Waals surface area contributed by atoms with Gasteiger partial charge in [0.05, 0.1) is 12.2 Å². The summed E-state index contributed by atoms with van der Waals surface area (Å²) in [6, 6.07) is 4.09. The van der Waals surface area contributed by atoms with Crippen molar-refractivity contribution in [2.24, 2.45) is 0 Å². The summed E-state index contributed by atoms with van der Waals surface area (Å²) < 4.78 is 4.93. The molecular weight excluding hydrogens is 228 g/mol. The molecule has 1 aromatic rings. The van der Waals surface area contributed by atoms with Crippen LogP contribution in [0.3, 0.4) is 0 Å². The molecule has 1 heterocycles. The molecule has 18 heavy (non-hydrogen) atoms. The Bertz CT molecular complexity index is 376. The van der Waals surface area contributed by atoms with Crippen molar-refractivity contribution >= 4 is 11.8 Å². The van der Waals surface area contributed by atoms with E-state index in [4.69, 9.17) is 4.74 Å². The molecular formula is C14H22N2O2. The number of rotatable bonds is 6. The molecule has 0 saturated heterocycles. The Balaban J connectivity index is 2.84. The van der Waals surface area contributed by atoms with Gasteiger partial charge in [0.15, 0.2) is 0 Å². The van der Waals surface area contributed by atoms with Gasteiger partial charge in [-0.25, -0.2) is 9.78 Å². The minimum Gasteiger partial charge on any atom is -0.462 e. The van der Waals surface area contributed by atoms with E-state index in [2.05, 4.69) is 30.7 Å². The number of nitrogens with zero attached hydrogens (tertiary/aromatic N) is 2. The Morgan fingerprint density at radius 2 is 2.11 bits per heavy atom. The first-order valence-electron chi connectivity index (χ1n) is 6.53. The highest BCUT2D eigenvalue weighted by Gasteiger charge is 2.13. The fraction of sp³-hybridized carbons (Fsp3) is 0.571. The summed E-state index contributed by atoms with van der Waals surface area (Å²) in [6.45, 7) is 9.51. The molecule has 100 valence electrons. The quantitative estimate of drug-likeness (QED) is 0.728. The van der Waals surface area contributed by atoms with Crippen LogP contribution in [-0.2, 0) is 4.74 Å². The van der Waals surface area contributed by atoms with E-state index in [0.717, 1.165) is 18.8 Å². The van der Waals surface area contributed by atoms with E-state index >= 15 is 0 Å². The van der Waals surface area contributed by atoms with Gasteiger partial charge in [-0.2, -0.15) is 0 Å². The van der Waals surface area contributed by atoms with Crippen LogP contribution in [0.2, 0.25) is 0 Å². The molecule has 4 heteroatoms. The van der Waals surface area contributed by atoms with Gasteiger partial charge >= 0.3 is 5.97 Å². The van der Waals surface area contributed by atoms with E-state index < -0.39 is 0 Å². The van der Waals surface area contributed by atoms with Gasteiger partial charge in [-0.15, -0.1) is 0 Å². The summed E-state index contributed by atoms with van der Waals surface area (Å²) in [4.78, 5) is 18.1. The van der Waals surface area contributed by atoms with Crippen LogP contribution >= 0.6 is 0 Å². The number of carbonyl (C=O) groups is 1. The molecule has 0 bridgehead atoms. The van der Waals surface area contributed by atoms with Crippen LogP contribution in [0.1, 0.15) is 44.5 Å². The minimum absolute atomic E-state index is 0.317. The molecule has 0 aliphatic rings. The van der Waals surface area contributed by atoms with Crippen LogP contribution in [-0.4, -0.2) is 30.1 Å². The lowest BCUT2D eigenvalue weighted by molar-refractivity contribution is 0.0526. The van der Waals surface area contributed by atoms with E-state index in [1.807, 2.05) is 6.07 Å². The second-order valence-corrected chi connectivity index (χ2v) is 4.17. The predicted molar refractivity (Wildman–Crippen MR) is 73.0 cm³/mol. The molecule has 1 rings (SSSR count). The first kappa shape index (κ1) is 14.5. The normalized spacial score (nSPS) is 12.0. The Hall–Kier alpha value is -1.58. The van der Waals surface area contributed by atoms with Crippen LogP contribution in [0.25, 0.3) is 0 Å². The van der Waals surface area contributed by atoms with Crippen LogP contribution < -0.4 is 4.90 Å². The van der Waals surface area contributed by atoms with E-state index in [9.17, 15) is 4.79 Å². The largest absolute Gasteiger partial charge is 0.462 e. The number of anilines is 1. The van der Waals surface area contributed by atoms with E-state index in [1.54, 1.807) is 19.2 Å². The Morgan fingerprint density at radius 3 is 2.56 bits per heavy atom. The lowest BCUT2D eigenvalue weighted by atomic mass is 10.2. The number of ether oxygens (including phenoxy) is 1. The molecule has 0 fully saturated rings. The summed E-state index contributed by atoms with van der Waals surface area (Å²) in [6.07, 6.45) is 2.65. The second kappa shape index (κ2) is 6.99. The van der Waals surface area contributed by atoms with Gasteiger partial charge in [-0.05, 0) is 39.3 Å². The van der Waals surface area contributed by atoms with Crippen LogP contribution in [0.15, 0.2) is 18.3 Å². The summed E-state index contributed by atoms with van der Waals surface area (Å²) >= 11 is 0. The van der Waals surface area contributed by atoms with Crippen molar-refractivity contribution in [3.63, 3.8) is 0 Å². The number of aromatic nitrogens is 1. The molecule has 0 aliphatic carbocycles. The zero-order chi connectivity index (χ0) is 13.5. The minimum atomic E-state index is -0.317. The van der Waals surface area contributed by atoms with Crippen molar-refractivity contribution in [3.8, 4) is 0 Å². The summed E-state index contributed by atoms with van der Waals surface area (Å²) in [5.74, 6) is 0.586. The van der Waals surface area contributed by atoms with Crippen molar-refractivity contribution < 1.29 is 9.53 Å². The third-order valence-electron chi connectivity index (χ3n) is 3.02. The Kier molecular flexibility index (Phi) is 5.62. The molecule has 0 aromatic carbocycles. The van der Waals surface area contributed by atoms with Crippen LogP contribution in [0.4, 0.5) is 5.82 Å². The van der Waals surface area contributed by atoms with Crippen molar-refractivity contribution in [2.45, 2.75) is 40.2 Å². The first-order valence-corrected chi connectivity index (χ1v) is 6.53. The topological polar surface area (TPSA) is 42.4 Å². The second-order valence-electron chi connectivity index (χ2n) is 4.17. The predicted octanol–water partition coefficient (Wildman–Crippen LogP) is 2.88. The van der Waals surface area contributed by atoms with E-state index in [0.29, 0.717) is 18.2 Å². The SMILES string of the molecule is CCOC(=O)c1ccc(N(CC)C(C)CC)nc1. The van der Waals surface area contributed by atoms with Crippen LogP contribution in [0.5, 0.6) is 0 Å². The first-order chi connectivity index (χ1) is 8.63. The Morgan fingerprint density at radius 1 is 1.39 bits per heavy atom. The number of hydrogen-bond acceptors (Lipinski definition) is 4. The van der Waals surface area contributed by atoms with Crippen molar-refractivity contribution in [1.29, 1.82) is 0 Å². The summed E-state index contributed by atoms with van der Waals surface area (Å²) in [5, 5.41) is 0. The number of pyridine rings is 1. The molecule has 1 atom stereocenters. The maximum atomic E-state index is 11.5. The summed E-state index contributed by atoms with van der Waals surface area (Å²) in [5.41, 5.74) is 0.501. The zero-order valence-electron chi connectivity index (χ0n) is 11.6. The smallest absolute Gasteiger partial charge is 0.339 e. The van der Waals surface area contributed by atoms with Crippen molar-refractivity contribution in [1.82, 2.24) is 4.98 Å². The maximum Gasteiger partial charge on any atom is 0.339 e. The monoisotopic (exact) mass is 250 g/mol. The van der Waals surface area contributed by atoms with Gasteiger partial charge in [0.25, 0.3) is 0 Å².